The highest BCUT2D eigenvalue weighted by Crippen LogP contribution is 2.33. The number of nitrogen functional groups attached to an aromatic ring is 1. The summed E-state index contributed by atoms with van der Waals surface area (Å²) < 4.78 is 7.71. The van der Waals surface area contributed by atoms with Crippen LogP contribution < -0.4 is 15.4 Å². The van der Waals surface area contributed by atoms with Gasteiger partial charge in [-0.1, -0.05) is 32.0 Å². The number of hydrogen-bond donors (Lipinski definition) is 1. The van der Waals surface area contributed by atoms with Crippen molar-refractivity contribution >= 4 is 11.5 Å². The van der Waals surface area contributed by atoms with E-state index < -0.39 is 0 Å². The van der Waals surface area contributed by atoms with Crippen LogP contribution in [0.3, 0.4) is 0 Å². The number of para-hydroxylation sites is 1. The van der Waals surface area contributed by atoms with Gasteiger partial charge >= 0.3 is 0 Å². The highest BCUT2D eigenvalue weighted by molar-refractivity contribution is 5.67. The van der Waals surface area contributed by atoms with Crippen molar-refractivity contribution in [3.05, 3.63) is 35.5 Å². The largest absolute Gasteiger partial charge is 0.491 e. The van der Waals surface area contributed by atoms with Crippen LogP contribution in [-0.4, -0.2) is 22.9 Å². The Morgan fingerprint density at radius 1 is 1.29 bits per heavy atom. The summed E-state index contributed by atoms with van der Waals surface area (Å²) in [4.78, 5) is 2.25. The first kappa shape index (κ1) is 13.8. The number of nitrogens with zero attached hydrogens (tertiary/aromatic N) is 3. The van der Waals surface area contributed by atoms with E-state index in [4.69, 9.17) is 10.5 Å². The van der Waals surface area contributed by atoms with E-state index in [1.165, 1.54) is 5.56 Å². The summed E-state index contributed by atoms with van der Waals surface area (Å²) in [7, 11) is 1.95. The van der Waals surface area contributed by atoms with Gasteiger partial charge in [-0.15, -0.1) is 0 Å². The molecular formula is C16H22N4O. The summed E-state index contributed by atoms with van der Waals surface area (Å²) in [5.41, 5.74) is 9.27. The van der Waals surface area contributed by atoms with Crippen molar-refractivity contribution in [1.82, 2.24) is 9.78 Å². The maximum absolute atomic E-state index is 6.34. The number of benzene rings is 1. The van der Waals surface area contributed by atoms with Crippen LogP contribution in [0.4, 0.5) is 11.5 Å². The van der Waals surface area contributed by atoms with Crippen LogP contribution in [0.2, 0.25) is 0 Å². The van der Waals surface area contributed by atoms with Crippen molar-refractivity contribution in [2.45, 2.75) is 26.3 Å². The molecule has 3 rings (SSSR count). The van der Waals surface area contributed by atoms with Gasteiger partial charge in [-0.2, -0.15) is 5.10 Å². The van der Waals surface area contributed by atoms with Crippen LogP contribution >= 0.6 is 0 Å². The molecule has 0 aliphatic carbocycles. The van der Waals surface area contributed by atoms with Gasteiger partial charge in [-0.25, -0.2) is 0 Å². The molecule has 0 amide bonds. The number of aromatic nitrogens is 2. The van der Waals surface area contributed by atoms with Crippen LogP contribution in [0.5, 0.6) is 5.75 Å². The quantitative estimate of drug-likeness (QED) is 0.921. The molecule has 5 nitrogen and oxygen atoms in total. The second kappa shape index (κ2) is 5.31. The Bertz CT molecular complexity index is 648. The van der Waals surface area contributed by atoms with Gasteiger partial charge in [0.1, 0.15) is 12.4 Å². The first-order valence-corrected chi connectivity index (χ1v) is 7.36. The van der Waals surface area contributed by atoms with E-state index in [2.05, 4.69) is 29.9 Å². The van der Waals surface area contributed by atoms with Crippen LogP contribution in [-0.2, 0) is 13.6 Å². The van der Waals surface area contributed by atoms with Gasteiger partial charge in [0.25, 0.3) is 0 Å². The molecule has 0 saturated heterocycles. The van der Waals surface area contributed by atoms with Crippen LogP contribution in [0.25, 0.3) is 0 Å². The Kier molecular flexibility index (Phi) is 3.49. The van der Waals surface area contributed by atoms with Gasteiger partial charge in [0.15, 0.2) is 5.82 Å². The smallest absolute Gasteiger partial charge is 0.150 e. The van der Waals surface area contributed by atoms with Gasteiger partial charge in [0.05, 0.1) is 17.9 Å². The molecule has 1 aliphatic heterocycles. The summed E-state index contributed by atoms with van der Waals surface area (Å²) in [5, 5.41) is 4.58. The topological polar surface area (TPSA) is 56.3 Å². The number of anilines is 2. The first-order valence-electron chi connectivity index (χ1n) is 7.36. The summed E-state index contributed by atoms with van der Waals surface area (Å²) in [6.07, 6.45) is 0. The predicted octanol–water partition coefficient (Wildman–Crippen LogP) is 2.52. The minimum absolute atomic E-state index is 0.320. The fourth-order valence-electron chi connectivity index (χ4n) is 2.86. The van der Waals surface area contributed by atoms with E-state index in [0.717, 1.165) is 36.0 Å². The highest BCUT2D eigenvalue weighted by atomic mass is 16.5. The van der Waals surface area contributed by atoms with Gasteiger partial charge < -0.3 is 15.4 Å². The number of hydrogen-bond acceptors (Lipinski definition) is 4. The lowest BCUT2D eigenvalue weighted by atomic mass is 10.1. The molecule has 0 radical (unpaired) electrons. The SMILES string of the molecule is CC(C)c1nn(C)c(N2CCOc3ccccc3C2)c1N. The number of fused-ring (bicyclic) bond motifs is 1. The maximum atomic E-state index is 6.34. The zero-order valence-corrected chi connectivity index (χ0v) is 12.8. The second-order valence-corrected chi connectivity index (χ2v) is 5.78. The average molecular weight is 286 g/mol. The Hall–Kier alpha value is -2.17. The third-order valence-corrected chi connectivity index (χ3v) is 3.88. The summed E-state index contributed by atoms with van der Waals surface area (Å²) in [6, 6.07) is 8.16. The minimum atomic E-state index is 0.320. The molecule has 21 heavy (non-hydrogen) atoms. The predicted molar refractivity (Wildman–Crippen MR) is 84.7 cm³/mol. The molecule has 5 heteroatoms. The summed E-state index contributed by atoms with van der Waals surface area (Å²) in [6.45, 7) is 6.47. The Morgan fingerprint density at radius 3 is 2.76 bits per heavy atom. The average Bonchev–Trinajstić information content (AvgIpc) is 2.63. The molecular weight excluding hydrogens is 264 g/mol. The first-order chi connectivity index (χ1) is 10.1. The zero-order chi connectivity index (χ0) is 15.0. The van der Waals surface area contributed by atoms with Crippen molar-refractivity contribution in [1.29, 1.82) is 0 Å². The normalized spacial score (nSPS) is 14.8. The molecule has 0 unspecified atom stereocenters. The zero-order valence-electron chi connectivity index (χ0n) is 12.8. The van der Waals surface area contributed by atoms with Crippen LogP contribution in [0.15, 0.2) is 24.3 Å². The van der Waals surface area contributed by atoms with Crippen molar-refractivity contribution in [2.75, 3.05) is 23.8 Å². The molecule has 2 aromatic rings. The highest BCUT2D eigenvalue weighted by Gasteiger charge is 2.23. The molecule has 0 fully saturated rings. The van der Waals surface area contributed by atoms with E-state index in [1.54, 1.807) is 0 Å². The Balaban J connectivity index is 1.98. The number of rotatable bonds is 2. The van der Waals surface area contributed by atoms with Gasteiger partial charge in [-0.05, 0) is 12.0 Å². The lowest BCUT2D eigenvalue weighted by Gasteiger charge is -2.22. The van der Waals surface area contributed by atoms with Crippen LogP contribution in [0, 0.1) is 0 Å². The van der Waals surface area contributed by atoms with E-state index in [0.29, 0.717) is 12.5 Å². The Labute approximate surface area is 125 Å². The Morgan fingerprint density at radius 2 is 2.05 bits per heavy atom. The molecule has 0 saturated carbocycles. The molecule has 2 N–H and O–H groups in total. The third kappa shape index (κ3) is 2.44. The minimum Gasteiger partial charge on any atom is -0.491 e. The summed E-state index contributed by atoms with van der Waals surface area (Å²) in [5.74, 6) is 2.27. The third-order valence-electron chi connectivity index (χ3n) is 3.88. The fraction of sp³-hybridized carbons (Fsp3) is 0.438. The van der Waals surface area contributed by atoms with E-state index in [9.17, 15) is 0 Å². The molecule has 1 aliphatic rings. The van der Waals surface area contributed by atoms with E-state index in [-0.39, 0.29) is 0 Å². The summed E-state index contributed by atoms with van der Waals surface area (Å²) >= 11 is 0. The molecule has 1 aromatic heterocycles. The molecule has 2 heterocycles. The van der Waals surface area contributed by atoms with Gasteiger partial charge in [0.2, 0.25) is 0 Å². The second-order valence-electron chi connectivity index (χ2n) is 5.78. The van der Waals surface area contributed by atoms with Crippen molar-refractivity contribution in [3.63, 3.8) is 0 Å². The lowest BCUT2D eigenvalue weighted by molar-refractivity contribution is 0.331. The number of ether oxygens (including phenoxy) is 1. The standard InChI is InChI=1S/C16H22N4O/c1-11(2)15-14(17)16(19(3)18-15)20-8-9-21-13-7-5-4-6-12(13)10-20/h4-7,11H,8-10,17H2,1-3H3. The molecule has 0 atom stereocenters. The number of aryl methyl sites for hydroxylation is 1. The molecule has 112 valence electrons. The molecule has 1 aromatic carbocycles. The van der Waals surface area contributed by atoms with Crippen molar-refractivity contribution < 1.29 is 4.74 Å². The maximum Gasteiger partial charge on any atom is 0.150 e. The van der Waals surface area contributed by atoms with Crippen LogP contribution in [0.1, 0.15) is 31.0 Å². The monoisotopic (exact) mass is 286 g/mol. The number of nitrogens with two attached hydrogens (primary N) is 1. The lowest BCUT2D eigenvalue weighted by Crippen LogP contribution is -2.28. The van der Waals surface area contributed by atoms with E-state index in [1.807, 2.05) is 29.9 Å². The molecule has 0 bridgehead atoms. The van der Waals surface area contributed by atoms with E-state index >= 15 is 0 Å². The van der Waals surface area contributed by atoms with Gasteiger partial charge in [0, 0.05) is 19.2 Å². The van der Waals surface area contributed by atoms with Crippen molar-refractivity contribution in [3.8, 4) is 5.75 Å². The van der Waals surface area contributed by atoms with Gasteiger partial charge in [-0.3, -0.25) is 4.68 Å². The van der Waals surface area contributed by atoms with Crippen molar-refractivity contribution in [2.24, 2.45) is 7.05 Å². The molecule has 0 spiro atoms. The fourth-order valence-corrected chi connectivity index (χ4v) is 2.86.